The smallest absolute Gasteiger partial charge is 0.164 e. The van der Waals surface area contributed by atoms with Gasteiger partial charge in [0.25, 0.3) is 0 Å². The monoisotopic (exact) mass is 215 g/mol. The molecule has 1 aromatic heterocycles. The Balaban J connectivity index is 2.14. The van der Waals surface area contributed by atoms with Gasteiger partial charge in [0, 0.05) is 5.56 Å². The maximum atomic E-state index is 6.06. The van der Waals surface area contributed by atoms with Crippen molar-refractivity contribution in [3.63, 3.8) is 0 Å². The highest BCUT2D eigenvalue weighted by Crippen LogP contribution is 2.34. The van der Waals surface area contributed by atoms with E-state index in [9.17, 15) is 0 Å². The molecule has 0 fully saturated rings. The number of nitrogens with two attached hydrogens (primary N) is 1. The van der Waals surface area contributed by atoms with Crippen LogP contribution in [0.4, 0.5) is 11.5 Å². The van der Waals surface area contributed by atoms with Crippen LogP contribution < -0.4 is 16.6 Å². The highest BCUT2D eigenvalue weighted by atomic mass is 15.6. The van der Waals surface area contributed by atoms with E-state index >= 15 is 0 Å². The van der Waals surface area contributed by atoms with Crippen molar-refractivity contribution >= 4 is 11.5 Å². The summed E-state index contributed by atoms with van der Waals surface area (Å²) in [4.78, 5) is 0. The molecule has 5 heteroatoms. The molecule has 1 aliphatic rings. The zero-order valence-corrected chi connectivity index (χ0v) is 8.94. The van der Waals surface area contributed by atoms with Crippen LogP contribution >= 0.6 is 0 Å². The first kappa shape index (κ1) is 9.23. The predicted molar refractivity (Wildman–Crippen MR) is 63.5 cm³/mol. The topological polar surface area (TPSA) is 67.9 Å². The summed E-state index contributed by atoms with van der Waals surface area (Å²) in [5, 5.41) is 4.51. The molecule has 0 bridgehead atoms. The summed E-state index contributed by atoms with van der Waals surface area (Å²) < 4.78 is 1.86. The van der Waals surface area contributed by atoms with Gasteiger partial charge in [-0.05, 0) is 6.92 Å². The van der Waals surface area contributed by atoms with Gasteiger partial charge in [0.05, 0.1) is 0 Å². The molecule has 0 amide bonds. The number of hydrazine groups is 1. The van der Waals surface area contributed by atoms with Crippen molar-refractivity contribution in [2.75, 3.05) is 11.2 Å². The Morgan fingerprint density at radius 3 is 2.75 bits per heavy atom. The van der Waals surface area contributed by atoms with Crippen molar-refractivity contribution in [1.82, 2.24) is 15.2 Å². The first-order valence-corrected chi connectivity index (χ1v) is 5.22. The van der Waals surface area contributed by atoms with Gasteiger partial charge in [-0.3, -0.25) is 0 Å². The summed E-state index contributed by atoms with van der Waals surface area (Å²) in [6.45, 7) is 2.02. The Kier molecular flexibility index (Phi) is 1.87. The fourth-order valence-electron chi connectivity index (χ4n) is 1.90. The van der Waals surface area contributed by atoms with Crippen LogP contribution in [0.2, 0.25) is 0 Å². The third-order valence-corrected chi connectivity index (χ3v) is 2.76. The Morgan fingerprint density at radius 1 is 1.31 bits per heavy atom. The van der Waals surface area contributed by atoms with E-state index in [1.54, 1.807) is 0 Å². The first-order valence-electron chi connectivity index (χ1n) is 5.22. The third-order valence-electron chi connectivity index (χ3n) is 2.76. The second-order valence-corrected chi connectivity index (χ2v) is 3.87. The Labute approximate surface area is 93.2 Å². The SMILES string of the molecule is CC1NNc2c(N)c(-c3ccccc3)nn21. The van der Waals surface area contributed by atoms with Gasteiger partial charge in [-0.1, -0.05) is 30.3 Å². The Bertz CT molecular complexity index is 517. The number of hydrogen-bond donors (Lipinski definition) is 3. The molecule has 3 rings (SSSR count). The standard InChI is InChI=1S/C11H13N5/c1-7-13-14-11-9(12)10(15-16(7)11)8-5-3-2-4-6-8/h2-7,13-14H,12H2,1H3. The molecule has 2 heterocycles. The molecule has 1 atom stereocenters. The summed E-state index contributed by atoms with van der Waals surface area (Å²) in [6.07, 6.45) is 0.120. The molecule has 16 heavy (non-hydrogen) atoms. The lowest BCUT2D eigenvalue weighted by Crippen LogP contribution is -2.19. The zero-order valence-electron chi connectivity index (χ0n) is 8.94. The van der Waals surface area contributed by atoms with Gasteiger partial charge >= 0.3 is 0 Å². The molecule has 0 saturated carbocycles. The minimum absolute atomic E-state index is 0.120. The molecule has 1 unspecified atom stereocenters. The molecule has 0 radical (unpaired) electrons. The van der Waals surface area contributed by atoms with Crippen LogP contribution in [-0.2, 0) is 0 Å². The van der Waals surface area contributed by atoms with E-state index in [0.29, 0.717) is 5.69 Å². The lowest BCUT2D eigenvalue weighted by Gasteiger charge is -2.03. The highest BCUT2D eigenvalue weighted by Gasteiger charge is 2.24. The van der Waals surface area contributed by atoms with E-state index in [-0.39, 0.29) is 6.17 Å². The minimum atomic E-state index is 0.120. The molecule has 0 spiro atoms. The van der Waals surface area contributed by atoms with Gasteiger partial charge in [0.15, 0.2) is 5.82 Å². The average molecular weight is 215 g/mol. The van der Waals surface area contributed by atoms with Gasteiger partial charge in [0.2, 0.25) is 0 Å². The maximum absolute atomic E-state index is 6.06. The van der Waals surface area contributed by atoms with Crippen LogP contribution in [0.15, 0.2) is 30.3 Å². The molecular formula is C11H13N5. The number of hydrogen-bond acceptors (Lipinski definition) is 4. The van der Waals surface area contributed by atoms with Crippen LogP contribution in [0.1, 0.15) is 13.1 Å². The summed E-state index contributed by atoms with van der Waals surface area (Å²) in [5.74, 6) is 0.839. The zero-order chi connectivity index (χ0) is 11.1. The molecular weight excluding hydrogens is 202 g/mol. The summed E-state index contributed by atoms with van der Waals surface area (Å²) in [6, 6.07) is 9.95. The second-order valence-electron chi connectivity index (χ2n) is 3.87. The molecule has 2 aromatic rings. The summed E-state index contributed by atoms with van der Waals surface area (Å²) >= 11 is 0. The highest BCUT2D eigenvalue weighted by molar-refractivity contribution is 5.81. The number of benzene rings is 1. The van der Waals surface area contributed by atoms with Gasteiger partial charge in [-0.2, -0.15) is 5.10 Å². The number of nitrogen functional groups attached to an aromatic ring is 1. The fourth-order valence-corrected chi connectivity index (χ4v) is 1.90. The predicted octanol–water partition coefficient (Wildman–Crippen LogP) is 1.58. The van der Waals surface area contributed by atoms with Gasteiger partial charge in [-0.15, -0.1) is 0 Å². The molecule has 1 aliphatic heterocycles. The Morgan fingerprint density at radius 2 is 2.06 bits per heavy atom. The number of anilines is 2. The third kappa shape index (κ3) is 1.18. The molecule has 0 saturated heterocycles. The maximum Gasteiger partial charge on any atom is 0.164 e. The lowest BCUT2D eigenvalue weighted by molar-refractivity contribution is 0.485. The van der Waals surface area contributed by atoms with Crippen LogP contribution in [0.5, 0.6) is 0 Å². The van der Waals surface area contributed by atoms with Crippen LogP contribution in [0.3, 0.4) is 0 Å². The van der Waals surface area contributed by atoms with E-state index in [0.717, 1.165) is 17.1 Å². The quantitative estimate of drug-likeness (QED) is 0.675. The minimum Gasteiger partial charge on any atom is -0.394 e. The van der Waals surface area contributed by atoms with Crippen molar-refractivity contribution in [2.24, 2.45) is 0 Å². The summed E-state index contributed by atoms with van der Waals surface area (Å²) in [7, 11) is 0. The molecule has 82 valence electrons. The normalized spacial score (nSPS) is 18.2. The van der Waals surface area contributed by atoms with Gasteiger partial charge in [-0.25, -0.2) is 10.1 Å². The molecule has 1 aromatic carbocycles. The Hall–Kier alpha value is -2.01. The number of rotatable bonds is 1. The molecule has 0 aliphatic carbocycles. The van der Waals surface area contributed by atoms with Crippen molar-refractivity contribution < 1.29 is 0 Å². The van der Waals surface area contributed by atoms with Crippen molar-refractivity contribution in [3.8, 4) is 11.3 Å². The number of nitrogens with one attached hydrogen (secondary N) is 2. The number of fused-ring (bicyclic) bond motifs is 1. The van der Waals surface area contributed by atoms with Gasteiger partial charge < -0.3 is 11.2 Å². The van der Waals surface area contributed by atoms with E-state index in [2.05, 4.69) is 16.0 Å². The first-order chi connectivity index (χ1) is 7.77. The lowest BCUT2D eigenvalue weighted by atomic mass is 10.1. The van der Waals surface area contributed by atoms with Crippen molar-refractivity contribution in [3.05, 3.63) is 30.3 Å². The largest absolute Gasteiger partial charge is 0.394 e. The number of aromatic nitrogens is 2. The van der Waals surface area contributed by atoms with E-state index in [1.165, 1.54) is 0 Å². The van der Waals surface area contributed by atoms with Crippen LogP contribution in [-0.4, -0.2) is 9.78 Å². The fraction of sp³-hybridized carbons (Fsp3) is 0.182. The molecule has 5 nitrogen and oxygen atoms in total. The van der Waals surface area contributed by atoms with Crippen molar-refractivity contribution in [1.29, 1.82) is 0 Å². The van der Waals surface area contributed by atoms with Crippen LogP contribution in [0.25, 0.3) is 11.3 Å². The van der Waals surface area contributed by atoms with E-state index in [1.807, 2.05) is 41.9 Å². The molecule has 4 N–H and O–H groups in total. The van der Waals surface area contributed by atoms with E-state index in [4.69, 9.17) is 5.73 Å². The van der Waals surface area contributed by atoms with E-state index < -0.39 is 0 Å². The second kappa shape index (κ2) is 3.24. The average Bonchev–Trinajstić information content (AvgIpc) is 2.83. The van der Waals surface area contributed by atoms with Gasteiger partial charge in [0.1, 0.15) is 17.5 Å². The van der Waals surface area contributed by atoms with Crippen LogP contribution in [0, 0.1) is 0 Å². The number of nitrogens with zero attached hydrogens (tertiary/aromatic N) is 2. The summed E-state index contributed by atoms with van der Waals surface area (Å²) in [5.41, 5.74) is 14.7. The van der Waals surface area contributed by atoms with Crippen molar-refractivity contribution in [2.45, 2.75) is 13.1 Å².